The van der Waals surface area contributed by atoms with Crippen LogP contribution in [0.5, 0.6) is 5.75 Å². The molecule has 0 bridgehead atoms. The number of ether oxygens (including phenoxy) is 1. The van der Waals surface area contributed by atoms with Gasteiger partial charge in [0, 0.05) is 25.6 Å². The van der Waals surface area contributed by atoms with E-state index in [2.05, 4.69) is 6.07 Å². The Labute approximate surface area is 147 Å². The third-order valence-electron chi connectivity index (χ3n) is 4.42. The predicted octanol–water partition coefficient (Wildman–Crippen LogP) is 2.42. The van der Waals surface area contributed by atoms with Gasteiger partial charge in [-0.05, 0) is 26.0 Å². The second kappa shape index (κ2) is 7.43. The van der Waals surface area contributed by atoms with Gasteiger partial charge in [-0.15, -0.1) is 0 Å². The Hall–Kier alpha value is -2.75. The van der Waals surface area contributed by atoms with Crippen LogP contribution in [0, 0.1) is 17.2 Å². The Morgan fingerprint density at radius 2 is 2.20 bits per heavy atom. The number of carbonyl (C=O) groups excluding carboxylic acids is 1. The van der Waals surface area contributed by atoms with Crippen LogP contribution in [-0.4, -0.2) is 59.2 Å². The molecule has 1 aliphatic rings. The molecule has 0 radical (unpaired) electrons. The highest BCUT2D eigenvalue weighted by Gasteiger charge is 2.34. The average Bonchev–Trinajstić information content (AvgIpc) is 2.56. The number of para-hydroxylation sites is 1. The number of nitriles is 1. The van der Waals surface area contributed by atoms with Gasteiger partial charge >= 0.3 is 6.09 Å². The summed E-state index contributed by atoms with van der Waals surface area (Å²) in [6.07, 6.45) is -1.52. The number of carbonyl (C=O) groups is 2. The molecule has 2 unspecified atom stereocenters. The molecule has 0 fully saturated rings. The van der Waals surface area contributed by atoms with Crippen LogP contribution in [0.15, 0.2) is 18.2 Å². The number of amides is 2. The van der Waals surface area contributed by atoms with Crippen LogP contribution >= 0.6 is 0 Å². The van der Waals surface area contributed by atoms with Gasteiger partial charge in [-0.2, -0.15) is 5.26 Å². The van der Waals surface area contributed by atoms with Crippen LogP contribution in [0.1, 0.15) is 36.7 Å². The third kappa shape index (κ3) is 3.85. The minimum absolute atomic E-state index is 0.0236. The first-order valence-electron chi connectivity index (χ1n) is 8.21. The Bertz CT molecular complexity index is 711. The Kier molecular flexibility index (Phi) is 5.52. The summed E-state index contributed by atoms with van der Waals surface area (Å²) < 4.78 is 6.02. The fraction of sp³-hybridized carbons (Fsp3) is 0.500. The smallest absolute Gasteiger partial charge is 0.407 e. The van der Waals surface area contributed by atoms with Crippen molar-refractivity contribution in [2.75, 3.05) is 20.1 Å². The number of likely N-dealkylation sites (N-methyl/N-ethyl adjacent to an activating group) is 1. The van der Waals surface area contributed by atoms with Gasteiger partial charge in [0.2, 0.25) is 0 Å². The summed E-state index contributed by atoms with van der Waals surface area (Å²) >= 11 is 0. The SMILES string of the molecule is CC1CN(C(C)C)C(=O)c2cccc(C#N)c2OC1CN(C)C(=O)O. The van der Waals surface area contributed by atoms with E-state index in [0.717, 1.165) is 4.90 Å². The highest BCUT2D eigenvalue weighted by atomic mass is 16.5. The maximum absolute atomic E-state index is 12.9. The van der Waals surface area contributed by atoms with E-state index in [-0.39, 0.29) is 35.7 Å². The van der Waals surface area contributed by atoms with Crippen molar-refractivity contribution in [3.05, 3.63) is 29.3 Å². The Morgan fingerprint density at radius 1 is 1.52 bits per heavy atom. The first-order chi connectivity index (χ1) is 11.8. The normalized spacial score (nSPS) is 20.2. The van der Waals surface area contributed by atoms with E-state index in [4.69, 9.17) is 9.84 Å². The van der Waals surface area contributed by atoms with Crippen molar-refractivity contribution in [2.24, 2.45) is 5.92 Å². The van der Waals surface area contributed by atoms with Crippen molar-refractivity contribution < 1.29 is 19.4 Å². The molecule has 1 aromatic carbocycles. The molecule has 7 heteroatoms. The summed E-state index contributed by atoms with van der Waals surface area (Å²) in [5.74, 6) is -0.0528. The maximum atomic E-state index is 12.9. The highest BCUT2D eigenvalue weighted by molar-refractivity contribution is 5.98. The molecule has 2 atom stereocenters. The number of rotatable bonds is 3. The van der Waals surface area contributed by atoms with E-state index < -0.39 is 12.2 Å². The average molecular weight is 345 g/mol. The van der Waals surface area contributed by atoms with Crippen LogP contribution < -0.4 is 4.74 Å². The van der Waals surface area contributed by atoms with Crippen LogP contribution in [0.25, 0.3) is 0 Å². The Morgan fingerprint density at radius 3 is 2.76 bits per heavy atom. The standard InChI is InChI=1S/C18H23N3O4/c1-11(2)21-9-12(3)15(10-20(4)18(23)24)25-16-13(8-19)6-5-7-14(16)17(21)22/h5-7,11-12,15H,9-10H2,1-4H3,(H,23,24). The number of carboxylic acid groups (broad SMARTS) is 1. The van der Waals surface area contributed by atoms with Gasteiger partial charge in [-0.25, -0.2) is 4.79 Å². The van der Waals surface area contributed by atoms with E-state index in [1.807, 2.05) is 20.8 Å². The lowest BCUT2D eigenvalue weighted by atomic mass is 9.98. The van der Waals surface area contributed by atoms with Gasteiger partial charge in [0.25, 0.3) is 5.91 Å². The molecular formula is C18H23N3O4. The molecule has 1 N–H and O–H groups in total. The lowest BCUT2D eigenvalue weighted by Gasteiger charge is -2.37. The molecule has 7 nitrogen and oxygen atoms in total. The van der Waals surface area contributed by atoms with Crippen molar-refractivity contribution in [1.29, 1.82) is 5.26 Å². The van der Waals surface area contributed by atoms with Gasteiger partial charge in [-0.1, -0.05) is 13.0 Å². The molecule has 0 aliphatic carbocycles. The molecule has 0 saturated heterocycles. The van der Waals surface area contributed by atoms with Crippen molar-refractivity contribution in [2.45, 2.75) is 32.9 Å². The topological polar surface area (TPSA) is 93.9 Å². The number of benzene rings is 1. The second-order valence-corrected chi connectivity index (χ2v) is 6.64. The molecule has 1 aliphatic heterocycles. The minimum Gasteiger partial charge on any atom is -0.486 e. The van der Waals surface area contributed by atoms with Gasteiger partial charge in [0.05, 0.1) is 17.7 Å². The summed E-state index contributed by atoms with van der Waals surface area (Å²) in [4.78, 5) is 27.0. The van der Waals surface area contributed by atoms with Gasteiger partial charge < -0.3 is 19.6 Å². The van der Waals surface area contributed by atoms with Gasteiger partial charge in [0.15, 0.2) is 0 Å². The zero-order valence-electron chi connectivity index (χ0n) is 14.9. The third-order valence-corrected chi connectivity index (χ3v) is 4.42. The number of hydrogen-bond donors (Lipinski definition) is 1. The zero-order valence-corrected chi connectivity index (χ0v) is 14.9. The summed E-state index contributed by atoms with van der Waals surface area (Å²) in [5, 5.41) is 18.5. The van der Waals surface area contributed by atoms with Crippen molar-refractivity contribution in [1.82, 2.24) is 9.80 Å². The first kappa shape index (κ1) is 18.6. The molecule has 25 heavy (non-hydrogen) atoms. The van der Waals surface area contributed by atoms with Crippen LogP contribution in [0.3, 0.4) is 0 Å². The molecule has 1 heterocycles. The van der Waals surface area contributed by atoms with Crippen LogP contribution in [-0.2, 0) is 0 Å². The van der Waals surface area contributed by atoms with E-state index in [0.29, 0.717) is 12.1 Å². The first-order valence-corrected chi connectivity index (χ1v) is 8.21. The number of hydrogen-bond acceptors (Lipinski definition) is 4. The maximum Gasteiger partial charge on any atom is 0.407 e. The largest absolute Gasteiger partial charge is 0.486 e. The molecule has 0 aromatic heterocycles. The molecular weight excluding hydrogens is 322 g/mol. The Balaban J connectivity index is 2.51. The quantitative estimate of drug-likeness (QED) is 0.908. The molecule has 2 rings (SSSR count). The fourth-order valence-corrected chi connectivity index (χ4v) is 2.86. The lowest BCUT2D eigenvalue weighted by Crippen LogP contribution is -2.49. The highest BCUT2D eigenvalue weighted by Crippen LogP contribution is 2.31. The van der Waals surface area contributed by atoms with E-state index in [1.165, 1.54) is 7.05 Å². The summed E-state index contributed by atoms with van der Waals surface area (Å²) in [7, 11) is 1.47. The summed E-state index contributed by atoms with van der Waals surface area (Å²) in [5.41, 5.74) is 0.606. The number of nitrogens with zero attached hydrogens (tertiary/aromatic N) is 3. The monoisotopic (exact) mass is 345 g/mol. The summed E-state index contributed by atoms with van der Waals surface area (Å²) in [6, 6.07) is 6.92. The van der Waals surface area contributed by atoms with Crippen molar-refractivity contribution >= 4 is 12.0 Å². The van der Waals surface area contributed by atoms with E-state index in [1.54, 1.807) is 23.1 Å². The molecule has 2 amide bonds. The predicted molar refractivity (Wildman–Crippen MR) is 91.6 cm³/mol. The van der Waals surface area contributed by atoms with Crippen molar-refractivity contribution in [3.8, 4) is 11.8 Å². The van der Waals surface area contributed by atoms with Crippen LogP contribution in [0.2, 0.25) is 0 Å². The van der Waals surface area contributed by atoms with Gasteiger partial charge in [-0.3, -0.25) is 4.79 Å². The molecule has 0 saturated carbocycles. The van der Waals surface area contributed by atoms with Crippen LogP contribution in [0.4, 0.5) is 4.79 Å². The molecule has 1 aromatic rings. The van der Waals surface area contributed by atoms with Crippen molar-refractivity contribution in [3.63, 3.8) is 0 Å². The van der Waals surface area contributed by atoms with E-state index >= 15 is 0 Å². The number of fused-ring (bicyclic) bond motifs is 1. The zero-order chi connectivity index (χ0) is 18.7. The van der Waals surface area contributed by atoms with E-state index in [9.17, 15) is 14.9 Å². The summed E-state index contributed by atoms with van der Waals surface area (Å²) in [6.45, 7) is 6.38. The second-order valence-electron chi connectivity index (χ2n) is 6.64. The molecule has 0 spiro atoms. The molecule has 134 valence electrons. The lowest BCUT2D eigenvalue weighted by molar-refractivity contribution is 0.0433. The minimum atomic E-state index is -1.05. The fourth-order valence-electron chi connectivity index (χ4n) is 2.86. The van der Waals surface area contributed by atoms with Gasteiger partial charge in [0.1, 0.15) is 17.9 Å².